The van der Waals surface area contributed by atoms with Crippen LogP contribution in [0.15, 0.2) is 29.2 Å². The highest BCUT2D eigenvalue weighted by Gasteiger charge is 2.41. The molecular formula is C16H15F3N2O2S. The molecule has 0 saturated carbocycles. The Labute approximate surface area is 141 Å². The molecule has 0 aromatic heterocycles. The minimum atomic E-state index is -4.11. The van der Waals surface area contributed by atoms with Crippen molar-refractivity contribution in [2.75, 3.05) is 18.0 Å². The fourth-order valence-electron chi connectivity index (χ4n) is 2.82. The molecule has 0 atom stereocenters. The van der Waals surface area contributed by atoms with Crippen molar-refractivity contribution in [1.82, 2.24) is 5.32 Å². The summed E-state index contributed by atoms with van der Waals surface area (Å²) < 4.78 is 38.1. The standard InChI is InChI=1S/C16H15F3N2O2S/c17-16(18,19)11-5-7-21(8-6-11)12-3-1-10(2-4-12)9-13-14(22)20-15(23)24-13/h1-4,9,11H,5-8H2,(H,20,22,23). The molecule has 1 N–H and O–H groups in total. The number of hydrogen-bond donors (Lipinski definition) is 1. The number of imide groups is 1. The van der Waals surface area contributed by atoms with Gasteiger partial charge in [-0.25, -0.2) is 0 Å². The van der Waals surface area contributed by atoms with Gasteiger partial charge >= 0.3 is 6.18 Å². The number of thioether (sulfide) groups is 1. The number of hydrogen-bond acceptors (Lipinski definition) is 4. The van der Waals surface area contributed by atoms with Crippen LogP contribution in [0.2, 0.25) is 0 Å². The van der Waals surface area contributed by atoms with E-state index in [2.05, 4.69) is 5.32 Å². The van der Waals surface area contributed by atoms with Crippen LogP contribution < -0.4 is 10.2 Å². The Balaban J connectivity index is 1.65. The van der Waals surface area contributed by atoms with E-state index >= 15 is 0 Å². The zero-order valence-electron chi connectivity index (χ0n) is 12.6. The van der Waals surface area contributed by atoms with Gasteiger partial charge in [-0.15, -0.1) is 0 Å². The molecule has 0 aliphatic carbocycles. The number of rotatable bonds is 2. The second kappa shape index (κ2) is 6.51. The van der Waals surface area contributed by atoms with Gasteiger partial charge in [-0.05, 0) is 48.4 Å². The molecule has 3 rings (SSSR count). The zero-order chi connectivity index (χ0) is 17.3. The van der Waals surface area contributed by atoms with Crippen LogP contribution in [0.5, 0.6) is 0 Å². The number of carbonyl (C=O) groups excluding carboxylic acids is 2. The van der Waals surface area contributed by atoms with Gasteiger partial charge in [0.1, 0.15) is 0 Å². The normalized spacial score (nSPS) is 21.5. The number of anilines is 1. The molecule has 2 saturated heterocycles. The number of nitrogens with zero attached hydrogens (tertiary/aromatic N) is 1. The maximum absolute atomic E-state index is 12.7. The SMILES string of the molecule is O=C1NC(=O)C(=Cc2ccc(N3CCC(C(F)(F)F)CC3)cc2)S1. The Kier molecular flexibility index (Phi) is 4.58. The summed E-state index contributed by atoms with van der Waals surface area (Å²) in [4.78, 5) is 24.9. The zero-order valence-corrected chi connectivity index (χ0v) is 13.4. The van der Waals surface area contributed by atoms with Gasteiger partial charge in [-0.3, -0.25) is 14.9 Å². The monoisotopic (exact) mass is 356 g/mol. The third-order valence-electron chi connectivity index (χ3n) is 4.16. The Hall–Kier alpha value is -1.96. The highest BCUT2D eigenvalue weighted by atomic mass is 32.2. The van der Waals surface area contributed by atoms with Crippen LogP contribution >= 0.6 is 11.8 Å². The number of nitrogens with one attached hydrogen (secondary N) is 1. The van der Waals surface area contributed by atoms with Crippen molar-refractivity contribution in [1.29, 1.82) is 0 Å². The largest absolute Gasteiger partial charge is 0.391 e. The second-order valence-electron chi connectivity index (χ2n) is 5.75. The maximum atomic E-state index is 12.7. The Morgan fingerprint density at radius 3 is 2.25 bits per heavy atom. The predicted octanol–water partition coefficient (Wildman–Crippen LogP) is 3.79. The van der Waals surface area contributed by atoms with Crippen LogP contribution in [0.4, 0.5) is 23.7 Å². The molecule has 8 heteroatoms. The lowest BCUT2D eigenvalue weighted by atomic mass is 9.96. The molecule has 0 radical (unpaired) electrons. The molecule has 0 spiro atoms. The summed E-state index contributed by atoms with van der Waals surface area (Å²) in [6, 6.07) is 7.21. The molecule has 2 aliphatic rings. The highest BCUT2D eigenvalue weighted by Crippen LogP contribution is 2.35. The first-order valence-corrected chi connectivity index (χ1v) is 8.31. The van der Waals surface area contributed by atoms with E-state index in [1.165, 1.54) is 0 Å². The van der Waals surface area contributed by atoms with Crippen LogP contribution in [-0.4, -0.2) is 30.4 Å². The summed E-state index contributed by atoms with van der Waals surface area (Å²) in [6.07, 6.45) is -2.29. The first kappa shape index (κ1) is 16.9. The molecule has 2 fully saturated rings. The van der Waals surface area contributed by atoms with E-state index in [9.17, 15) is 22.8 Å². The fraction of sp³-hybridized carbons (Fsp3) is 0.375. The first-order chi connectivity index (χ1) is 11.3. The predicted molar refractivity (Wildman–Crippen MR) is 86.5 cm³/mol. The summed E-state index contributed by atoms with van der Waals surface area (Å²) in [5.41, 5.74) is 1.62. The molecule has 1 aromatic carbocycles. The third-order valence-corrected chi connectivity index (χ3v) is 4.97. The summed E-state index contributed by atoms with van der Waals surface area (Å²) in [5, 5.41) is 1.79. The smallest absolute Gasteiger partial charge is 0.372 e. The van der Waals surface area contributed by atoms with Crippen molar-refractivity contribution in [3.63, 3.8) is 0 Å². The Morgan fingerprint density at radius 1 is 1.12 bits per heavy atom. The van der Waals surface area contributed by atoms with E-state index in [1.54, 1.807) is 18.2 Å². The summed E-state index contributed by atoms with van der Waals surface area (Å²) in [6.45, 7) is 0.745. The van der Waals surface area contributed by atoms with Crippen molar-refractivity contribution in [3.05, 3.63) is 34.7 Å². The minimum absolute atomic E-state index is 0.105. The van der Waals surface area contributed by atoms with E-state index in [4.69, 9.17) is 0 Å². The van der Waals surface area contributed by atoms with Crippen LogP contribution in [0.25, 0.3) is 6.08 Å². The molecule has 2 aliphatic heterocycles. The van der Waals surface area contributed by atoms with Gasteiger partial charge in [0.2, 0.25) is 0 Å². The van der Waals surface area contributed by atoms with Gasteiger partial charge in [0.15, 0.2) is 0 Å². The first-order valence-electron chi connectivity index (χ1n) is 7.49. The van der Waals surface area contributed by atoms with Gasteiger partial charge in [0.05, 0.1) is 10.8 Å². The number of halogens is 3. The number of alkyl halides is 3. The Morgan fingerprint density at radius 2 is 1.75 bits per heavy atom. The van der Waals surface area contributed by atoms with Crippen LogP contribution in [0.1, 0.15) is 18.4 Å². The average Bonchev–Trinajstić information content (AvgIpc) is 2.85. The van der Waals surface area contributed by atoms with E-state index in [1.807, 2.05) is 17.0 Å². The fourth-order valence-corrected chi connectivity index (χ4v) is 3.50. The number of piperidine rings is 1. The summed E-state index contributed by atoms with van der Waals surface area (Å²) in [7, 11) is 0. The van der Waals surface area contributed by atoms with Gasteiger partial charge in [-0.1, -0.05) is 12.1 Å². The van der Waals surface area contributed by atoms with Crippen molar-refractivity contribution in [2.45, 2.75) is 19.0 Å². The van der Waals surface area contributed by atoms with Crippen molar-refractivity contribution in [3.8, 4) is 0 Å². The van der Waals surface area contributed by atoms with Crippen LogP contribution in [-0.2, 0) is 4.79 Å². The number of carbonyl (C=O) groups is 2. The minimum Gasteiger partial charge on any atom is -0.372 e. The van der Waals surface area contributed by atoms with Crippen LogP contribution in [0, 0.1) is 5.92 Å². The van der Waals surface area contributed by atoms with Crippen molar-refractivity contribution < 1.29 is 22.8 Å². The molecular weight excluding hydrogens is 341 g/mol. The molecule has 2 heterocycles. The summed E-state index contributed by atoms with van der Waals surface area (Å²) in [5.74, 6) is -1.63. The van der Waals surface area contributed by atoms with E-state index in [0.717, 1.165) is 23.0 Å². The van der Waals surface area contributed by atoms with E-state index in [0.29, 0.717) is 18.0 Å². The van der Waals surface area contributed by atoms with E-state index in [-0.39, 0.29) is 12.8 Å². The van der Waals surface area contributed by atoms with E-state index < -0.39 is 23.2 Å². The number of benzene rings is 1. The average molecular weight is 356 g/mol. The second-order valence-corrected chi connectivity index (χ2v) is 6.76. The molecule has 0 unspecified atom stereocenters. The molecule has 1 aromatic rings. The molecule has 4 nitrogen and oxygen atoms in total. The maximum Gasteiger partial charge on any atom is 0.391 e. The van der Waals surface area contributed by atoms with Crippen LogP contribution in [0.3, 0.4) is 0 Å². The third kappa shape index (κ3) is 3.75. The lowest BCUT2D eigenvalue weighted by Crippen LogP contribution is -2.38. The summed E-state index contributed by atoms with van der Waals surface area (Å²) >= 11 is 0.848. The topological polar surface area (TPSA) is 49.4 Å². The van der Waals surface area contributed by atoms with Crippen molar-refractivity contribution in [2.24, 2.45) is 5.92 Å². The highest BCUT2D eigenvalue weighted by molar-refractivity contribution is 8.18. The van der Waals surface area contributed by atoms with Gasteiger partial charge in [0, 0.05) is 18.8 Å². The molecule has 24 heavy (non-hydrogen) atoms. The van der Waals surface area contributed by atoms with Crippen molar-refractivity contribution >= 4 is 34.7 Å². The molecule has 128 valence electrons. The quantitative estimate of drug-likeness (QED) is 0.819. The number of amides is 2. The van der Waals surface area contributed by atoms with Gasteiger partial charge in [-0.2, -0.15) is 13.2 Å². The lowest BCUT2D eigenvalue weighted by Gasteiger charge is -2.34. The van der Waals surface area contributed by atoms with Gasteiger partial charge < -0.3 is 4.90 Å². The molecule has 0 bridgehead atoms. The lowest BCUT2D eigenvalue weighted by molar-refractivity contribution is -0.179. The molecule has 2 amide bonds. The van der Waals surface area contributed by atoms with Gasteiger partial charge in [0.25, 0.3) is 11.1 Å². The Bertz CT molecular complexity index is 678.